The van der Waals surface area contributed by atoms with Gasteiger partial charge in [0.05, 0.1) is 39.4 Å². The first-order valence-corrected chi connectivity index (χ1v) is 22.2. The lowest BCUT2D eigenvalue weighted by atomic mass is 9.46. The zero-order chi connectivity index (χ0) is 48.2. The van der Waals surface area contributed by atoms with Gasteiger partial charge in [-0.15, -0.1) is 0 Å². The fourth-order valence-corrected chi connectivity index (χ4v) is 9.16. The summed E-state index contributed by atoms with van der Waals surface area (Å²) in [6.45, 7) is 34.4. The molecule has 9 heteroatoms. The van der Waals surface area contributed by atoms with Gasteiger partial charge in [-0.1, -0.05) is 137 Å². The van der Waals surface area contributed by atoms with E-state index in [1.165, 1.54) is 0 Å². The highest BCUT2D eigenvalue weighted by molar-refractivity contribution is 5.80. The molecule has 0 saturated carbocycles. The Hall–Kier alpha value is -5.33. The molecule has 0 aliphatic heterocycles. The van der Waals surface area contributed by atoms with E-state index in [2.05, 4.69) is 103 Å². The molecular formula is C55H73N3O6. The molecule has 0 bridgehead atoms. The van der Waals surface area contributed by atoms with Crippen LogP contribution in [-0.2, 0) is 34.8 Å². The van der Waals surface area contributed by atoms with Crippen LogP contribution in [0.2, 0.25) is 0 Å². The van der Waals surface area contributed by atoms with Crippen molar-refractivity contribution >= 4 is 23.3 Å². The van der Waals surface area contributed by atoms with Crippen molar-refractivity contribution in [3.63, 3.8) is 0 Å². The number of azo groups is 1. The maximum atomic E-state index is 14.5. The first kappa shape index (κ1) is 51.3. The van der Waals surface area contributed by atoms with Crippen molar-refractivity contribution in [3.05, 3.63) is 125 Å². The Morgan fingerprint density at radius 2 is 0.922 bits per heavy atom. The average molecular weight is 872 g/mol. The summed E-state index contributed by atoms with van der Waals surface area (Å²) in [6.07, 6.45) is 0.489. The third kappa shape index (κ3) is 10.9. The number of ether oxygens (including phenoxy) is 4. The molecule has 0 spiro atoms. The third-order valence-electron chi connectivity index (χ3n) is 14.6. The Balaban J connectivity index is 1.44. The molecule has 0 saturated heterocycles. The Morgan fingerprint density at radius 1 is 0.531 bits per heavy atom. The number of hydrogen-bond donors (Lipinski definition) is 0. The van der Waals surface area contributed by atoms with Gasteiger partial charge in [0, 0.05) is 5.41 Å². The zero-order valence-electron chi connectivity index (χ0n) is 41.7. The number of esters is 2. The monoisotopic (exact) mass is 872 g/mol. The lowest BCUT2D eigenvalue weighted by Gasteiger charge is -2.57. The Kier molecular flexibility index (Phi) is 15.3. The lowest BCUT2D eigenvalue weighted by Crippen LogP contribution is -2.58. The van der Waals surface area contributed by atoms with Crippen molar-refractivity contribution in [2.24, 2.45) is 42.7 Å². The van der Waals surface area contributed by atoms with Gasteiger partial charge >= 0.3 is 11.9 Å². The summed E-state index contributed by atoms with van der Waals surface area (Å²) in [4.78, 5) is 28.9. The van der Waals surface area contributed by atoms with E-state index in [0.717, 1.165) is 27.9 Å². The molecule has 344 valence electrons. The number of aryl methyl sites for hydroxylation is 1. The van der Waals surface area contributed by atoms with Crippen LogP contribution in [0.5, 0.6) is 5.75 Å². The van der Waals surface area contributed by atoms with Gasteiger partial charge < -0.3 is 18.9 Å². The van der Waals surface area contributed by atoms with E-state index in [0.29, 0.717) is 23.4 Å². The van der Waals surface area contributed by atoms with E-state index in [1.54, 1.807) is 24.3 Å². The average Bonchev–Trinajstić information content (AvgIpc) is 3.21. The first-order valence-electron chi connectivity index (χ1n) is 22.2. The van der Waals surface area contributed by atoms with Crippen molar-refractivity contribution in [2.45, 2.75) is 135 Å². The Bertz CT molecular complexity index is 2290. The molecular weight excluding hydrogens is 799 g/mol. The van der Waals surface area contributed by atoms with Crippen molar-refractivity contribution in [3.8, 4) is 11.8 Å². The zero-order valence-corrected chi connectivity index (χ0v) is 41.7. The molecule has 2 unspecified atom stereocenters. The predicted molar refractivity (Wildman–Crippen MR) is 255 cm³/mol. The summed E-state index contributed by atoms with van der Waals surface area (Å²) in [6, 6.07) is 33.1. The fourth-order valence-electron chi connectivity index (χ4n) is 9.16. The van der Waals surface area contributed by atoms with Crippen molar-refractivity contribution in [2.75, 3.05) is 13.6 Å². The molecule has 0 aliphatic carbocycles. The number of carbonyl (C=O) groups is 2. The number of nitrogens with zero attached hydrogens (tertiary/aromatic N) is 3. The lowest BCUT2D eigenvalue weighted by molar-refractivity contribution is -0.202. The number of nitriles is 1. The molecule has 0 N–H and O–H groups in total. The molecule has 2 atom stereocenters. The fraction of sp³-hybridized carbons (Fsp3) is 0.509. The molecule has 0 fully saturated rings. The van der Waals surface area contributed by atoms with Crippen molar-refractivity contribution in [1.82, 2.24) is 0 Å². The topological polar surface area (TPSA) is 120 Å². The molecule has 9 nitrogen and oxygen atoms in total. The van der Waals surface area contributed by atoms with Crippen LogP contribution in [0.15, 0.2) is 107 Å². The first-order chi connectivity index (χ1) is 29.4. The second-order valence-electron chi connectivity index (χ2n) is 22.0. The van der Waals surface area contributed by atoms with E-state index in [4.69, 9.17) is 18.9 Å². The summed E-state index contributed by atoms with van der Waals surface area (Å²) >= 11 is 0. The van der Waals surface area contributed by atoms with E-state index in [-0.39, 0.29) is 30.9 Å². The quantitative estimate of drug-likeness (QED) is 0.0588. The highest BCUT2D eigenvalue weighted by Crippen LogP contribution is 2.62. The number of benzene rings is 4. The molecule has 0 radical (unpaired) electrons. The van der Waals surface area contributed by atoms with Crippen molar-refractivity contribution < 1.29 is 28.5 Å². The standard InChI is InChI=1S/C55H73N3O6/c1-38-18-28-43(29-19-38)57-58-44-30-32-45(33-31-44)61-36-62-46(59)54(16,48(2,3)4)50(8,9)35-51(10,11)55(17,49(5,6)7)47(60)63-37-64-53(14,15)42-26-24-41(25-27-42)52(12,13)40-22-20-39(34-56)21-23-40/h18-33H,35-37H2,1-17H3/b58-57+. The van der Waals surface area contributed by atoms with E-state index >= 15 is 0 Å². The van der Waals surface area contributed by atoms with Crippen LogP contribution >= 0.6 is 0 Å². The minimum atomic E-state index is -1.01. The van der Waals surface area contributed by atoms with Gasteiger partial charge in [-0.3, -0.25) is 9.59 Å². The molecule has 0 amide bonds. The SMILES string of the molecule is Cc1ccc(/N=N/c2ccc(OCOC(=O)C(C)(C(C)(C)C)C(C)(C)CC(C)(C)C(C)(C(=O)OCOC(C)(C)c3ccc(C(C)(C)c4ccc(C#N)cc4)cc3)C(C)(C)C)cc2)cc1. The number of rotatable bonds is 17. The van der Waals surface area contributed by atoms with Gasteiger partial charge in [0.15, 0.2) is 6.79 Å². The third-order valence-corrected chi connectivity index (χ3v) is 14.6. The van der Waals surface area contributed by atoms with Gasteiger partial charge in [-0.25, -0.2) is 0 Å². The molecule has 4 aromatic rings. The van der Waals surface area contributed by atoms with E-state index in [1.807, 2.05) is 104 Å². The van der Waals surface area contributed by atoms with Crippen LogP contribution in [0, 0.1) is 50.7 Å². The smallest absolute Gasteiger partial charge is 0.315 e. The Morgan fingerprint density at radius 3 is 1.34 bits per heavy atom. The summed E-state index contributed by atoms with van der Waals surface area (Å²) in [5.41, 5.74) is 0.891. The maximum absolute atomic E-state index is 14.5. The van der Waals surface area contributed by atoms with Gasteiger partial charge in [-0.05, 0) is 128 Å². The molecule has 4 aromatic carbocycles. The van der Waals surface area contributed by atoms with Gasteiger partial charge in [0.2, 0.25) is 6.79 Å². The van der Waals surface area contributed by atoms with Gasteiger partial charge in [0.25, 0.3) is 0 Å². The van der Waals surface area contributed by atoms with Gasteiger partial charge in [0.1, 0.15) is 5.75 Å². The molecule has 0 aromatic heterocycles. The van der Waals surface area contributed by atoms with Crippen LogP contribution in [0.3, 0.4) is 0 Å². The second kappa shape index (κ2) is 19.0. The van der Waals surface area contributed by atoms with E-state index in [9.17, 15) is 14.9 Å². The van der Waals surface area contributed by atoms with Crippen LogP contribution in [0.1, 0.15) is 145 Å². The summed E-state index contributed by atoms with van der Waals surface area (Å²) < 4.78 is 24.2. The predicted octanol–water partition coefficient (Wildman–Crippen LogP) is 14.5. The number of carbonyl (C=O) groups excluding carboxylic acids is 2. The largest absolute Gasteiger partial charge is 0.457 e. The Labute approximate surface area is 384 Å². The molecule has 4 rings (SSSR count). The molecule has 0 aliphatic rings. The van der Waals surface area contributed by atoms with E-state index < -0.39 is 38.1 Å². The highest BCUT2D eigenvalue weighted by atomic mass is 16.7. The minimum absolute atomic E-state index is 0.234. The molecule has 64 heavy (non-hydrogen) atoms. The summed E-state index contributed by atoms with van der Waals surface area (Å²) in [5.74, 6) is -0.220. The summed E-state index contributed by atoms with van der Waals surface area (Å²) in [5, 5.41) is 17.8. The second-order valence-corrected chi connectivity index (χ2v) is 22.0. The number of hydrogen-bond acceptors (Lipinski definition) is 9. The van der Waals surface area contributed by atoms with Crippen LogP contribution in [0.25, 0.3) is 0 Å². The molecule has 0 heterocycles. The van der Waals surface area contributed by atoms with Gasteiger partial charge in [-0.2, -0.15) is 15.5 Å². The van der Waals surface area contributed by atoms with Crippen LogP contribution < -0.4 is 4.74 Å². The minimum Gasteiger partial charge on any atom is -0.457 e. The summed E-state index contributed by atoms with van der Waals surface area (Å²) in [7, 11) is 0. The van der Waals surface area contributed by atoms with Crippen LogP contribution in [-0.4, -0.2) is 25.5 Å². The maximum Gasteiger partial charge on any atom is 0.315 e. The normalized spacial score (nSPS) is 14.9. The van der Waals surface area contributed by atoms with Crippen LogP contribution in [0.4, 0.5) is 11.4 Å². The highest BCUT2D eigenvalue weighted by Gasteiger charge is 2.62. The van der Waals surface area contributed by atoms with Crippen molar-refractivity contribution in [1.29, 1.82) is 5.26 Å².